The van der Waals surface area contributed by atoms with Crippen molar-refractivity contribution in [2.75, 3.05) is 5.32 Å². The lowest BCUT2D eigenvalue weighted by atomic mass is 10.0. The molecule has 1 amide bonds. The molecule has 0 fully saturated rings. The average molecular weight is 191 g/mol. The predicted molar refractivity (Wildman–Crippen MR) is 59.5 cm³/mol. The summed E-state index contributed by atoms with van der Waals surface area (Å²) in [5.74, 6) is 0.117. The fourth-order valence-corrected chi connectivity index (χ4v) is 1.65. The maximum absolute atomic E-state index is 11.1. The Morgan fingerprint density at radius 1 is 1.36 bits per heavy atom. The minimum Gasteiger partial charge on any atom is -0.326 e. The van der Waals surface area contributed by atoms with Crippen LogP contribution in [0.4, 0.5) is 5.69 Å². The number of fused-ring (bicyclic) bond motifs is 1. The van der Waals surface area contributed by atoms with Crippen LogP contribution in [0.5, 0.6) is 0 Å². The van der Waals surface area contributed by atoms with Crippen LogP contribution in [0.3, 0.4) is 0 Å². The highest BCUT2D eigenvalue weighted by atomic mass is 16.1. The maximum atomic E-state index is 11.1. The van der Waals surface area contributed by atoms with Crippen molar-refractivity contribution < 1.29 is 4.79 Å². The smallest absolute Gasteiger partial charge is 0.228 e. The molecule has 1 aliphatic rings. The van der Waals surface area contributed by atoms with Gasteiger partial charge in [-0.3, -0.25) is 4.79 Å². The number of aryl methyl sites for hydroxylation is 1. The summed E-state index contributed by atoms with van der Waals surface area (Å²) in [4.78, 5) is 11.1. The third-order valence-corrected chi connectivity index (χ3v) is 2.27. The maximum Gasteiger partial charge on any atom is 0.228 e. The van der Waals surface area contributed by atoms with Gasteiger partial charge in [-0.05, 0) is 23.6 Å². The fourth-order valence-electron chi connectivity index (χ4n) is 1.65. The van der Waals surface area contributed by atoms with Gasteiger partial charge in [0.2, 0.25) is 5.91 Å². The highest BCUT2D eigenvalue weighted by Crippen LogP contribution is 2.26. The Labute approximate surface area is 85.3 Å². The number of rotatable bonds is 1. The van der Waals surface area contributed by atoms with Crippen molar-refractivity contribution in [3.63, 3.8) is 0 Å². The first kappa shape index (κ1) is 10.8. The van der Waals surface area contributed by atoms with Gasteiger partial charge >= 0.3 is 0 Å². The van der Waals surface area contributed by atoms with E-state index in [-0.39, 0.29) is 5.91 Å². The lowest BCUT2D eigenvalue weighted by molar-refractivity contribution is -0.115. The van der Waals surface area contributed by atoms with Gasteiger partial charge in [-0.25, -0.2) is 0 Å². The topological polar surface area (TPSA) is 29.1 Å². The van der Waals surface area contributed by atoms with E-state index in [0.29, 0.717) is 6.42 Å². The number of anilines is 1. The van der Waals surface area contributed by atoms with Crippen LogP contribution in [-0.4, -0.2) is 5.91 Å². The number of benzene rings is 1. The monoisotopic (exact) mass is 191 g/mol. The van der Waals surface area contributed by atoms with E-state index < -0.39 is 0 Å². The molecule has 0 unspecified atom stereocenters. The second kappa shape index (κ2) is 4.80. The number of hydrogen-bond acceptors (Lipinski definition) is 1. The van der Waals surface area contributed by atoms with E-state index >= 15 is 0 Å². The van der Waals surface area contributed by atoms with Crippen LogP contribution in [0.25, 0.3) is 0 Å². The first-order chi connectivity index (χ1) is 6.81. The highest BCUT2D eigenvalue weighted by molar-refractivity contribution is 5.99. The lowest BCUT2D eigenvalue weighted by Gasteiger charge is -2.02. The molecule has 0 spiro atoms. The summed E-state index contributed by atoms with van der Waals surface area (Å²) < 4.78 is 0. The summed E-state index contributed by atoms with van der Waals surface area (Å²) in [7, 11) is 0. The first-order valence-corrected chi connectivity index (χ1v) is 5.22. The molecule has 1 aliphatic heterocycles. The van der Waals surface area contributed by atoms with E-state index in [4.69, 9.17) is 0 Å². The number of carbonyl (C=O) groups is 1. The van der Waals surface area contributed by atoms with Gasteiger partial charge in [0.1, 0.15) is 0 Å². The Balaban J connectivity index is 0.000000461. The zero-order chi connectivity index (χ0) is 10.6. The van der Waals surface area contributed by atoms with Gasteiger partial charge < -0.3 is 5.32 Å². The van der Waals surface area contributed by atoms with Gasteiger partial charge in [0, 0.05) is 5.69 Å². The van der Waals surface area contributed by atoms with E-state index in [1.807, 2.05) is 26.0 Å². The molecule has 0 aliphatic carbocycles. The third kappa shape index (κ3) is 1.95. The second-order valence-corrected chi connectivity index (χ2v) is 3.02. The quantitative estimate of drug-likeness (QED) is 0.726. The van der Waals surface area contributed by atoms with Gasteiger partial charge in [0.15, 0.2) is 0 Å². The van der Waals surface area contributed by atoms with Crippen LogP contribution in [0.1, 0.15) is 31.9 Å². The molecule has 0 aromatic heterocycles. The predicted octanol–water partition coefficient (Wildman–Crippen LogP) is 2.77. The van der Waals surface area contributed by atoms with Gasteiger partial charge in [0.25, 0.3) is 0 Å². The zero-order valence-corrected chi connectivity index (χ0v) is 9.05. The van der Waals surface area contributed by atoms with Crippen LogP contribution >= 0.6 is 0 Å². The molecular formula is C12H17NO. The zero-order valence-electron chi connectivity index (χ0n) is 9.05. The van der Waals surface area contributed by atoms with E-state index in [1.54, 1.807) is 0 Å². The molecule has 76 valence electrons. The van der Waals surface area contributed by atoms with Gasteiger partial charge in [-0.1, -0.05) is 32.9 Å². The molecule has 2 heteroatoms. The number of carbonyl (C=O) groups excluding carboxylic acids is 1. The lowest BCUT2D eigenvalue weighted by Crippen LogP contribution is -2.03. The summed E-state index contributed by atoms with van der Waals surface area (Å²) in [6, 6.07) is 6.03. The van der Waals surface area contributed by atoms with Gasteiger partial charge in [0.05, 0.1) is 6.42 Å². The second-order valence-electron chi connectivity index (χ2n) is 3.02. The van der Waals surface area contributed by atoms with Crippen LogP contribution < -0.4 is 5.32 Å². The summed E-state index contributed by atoms with van der Waals surface area (Å²) in [5, 5.41) is 2.83. The Hall–Kier alpha value is -1.31. The Morgan fingerprint density at radius 2 is 2.07 bits per heavy atom. The molecule has 1 aromatic carbocycles. The fraction of sp³-hybridized carbons (Fsp3) is 0.417. The van der Waals surface area contributed by atoms with Crippen LogP contribution in [-0.2, 0) is 17.6 Å². The van der Waals surface area contributed by atoms with Crippen LogP contribution in [0.2, 0.25) is 0 Å². The third-order valence-electron chi connectivity index (χ3n) is 2.27. The minimum atomic E-state index is 0.117. The minimum absolute atomic E-state index is 0.117. The molecule has 0 atom stereocenters. The van der Waals surface area contributed by atoms with Crippen molar-refractivity contribution in [3.05, 3.63) is 29.3 Å². The van der Waals surface area contributed by atoms with Crippen molar-refractivity contribution in [1.29, 1.82) is 0 Å². The van der Waals surface area contributed by atoms with Crippen molar-refractivity contribution >= 4 is 11.6 Å². The highest BCUT2D eigenvalue weighted by Gasteiger charge is 2.18. The van der Waals surface area contributed by atoms with E-state index in [9.17, 15) is 4.79 Å². The molecule has 0 bridgehead atoms. The van der Waals surface area contributed by atoms with Gasteiger partial charge in [-0.2, -0.15) is 0 Å². The van der Waals surface area contributed by atoms with E-state index in [2.05, 4.69) is 18.3 Å². The molecular weight excluding hydrogens is 174 g/mol. The molecule has 2 rings (SSSR count). The van der Waals surface area contributed by atoms with E-state index in [0.717, 1.165) is 12.1 Å². The molecule has 2 nitrogen and oxygen atoms in total. The molecule has 0 radical (unpaired) electrons. The van der Waals surface area contributed by atoms with Crippen LogP contribution in [0.15, 0.2) is 18.2 Å². The molecule has 0 saturated heterocycles. The van der Waals surface area contributed by atoms with Crippen molar-refractivity contribution in [3.8, 4) is 0 Å². The Bertz CT molecular complexity index is 331. The summed E-state index contributed by atoms with van der Waals surface area (Å²) >= 11 is 0. The molecule has 14 heavy (non-hydrogen) atoms. The van der Waals surface area contributed by atoms with Gasteiger partial charge in [-0.15, -0.1) is 0 Å². The molecule has 0 saturated carbocycles. The number of hydrogen-bond donors (Lipinski definition) is 1. The Morgan fingerprint density at radius 3 is 2.71 bits per heavy atom. The first-order valence-electron chi connectivity index (χ1n) is 5.22. The van der Waals surface area contributed by atoms with Crippen molar-refractivity contribution in [1.82, 2.24) is 0 Å². The normalized spacial score (nSPS) is 12.6. The summed E-state index contributed by atoms with van der Waals surface area (Å²) in [6.07, 6.45) is 1.55. The summed E-state index contributed by atoms with van der Waals surface area (Å²) in [5.41, 5.74) is 3.47. The Kier molecular flexibility index (Phi) is 3.69. The van der Waals surface area contributed by atoms with Crippen molar-refractivity contribution in [2.24, 2.45) is 0 Å². The molecule has 1 N–H and O–H groups in total. The molecule has 1 aromatic rings. The molecule has 1 heterocycles. The van der Waals surface area contributed by atoms with E-state index in [1.165, 1.54) is 11.1 Å². The van der Waals surface area contributed by atoms with Crippen LogP contribution in [0, 0.1) is 0 Å². The summed E-state index contributed by atoms with van der Waals surface area (Å²) in [6.45, 7) is 6.11. The van der Waals surface area contributed by atoms with Crippen molar-refractivity contribution in [2.45, 2.75) is 33.6 Å². The largest absolute Gasteiger partial charge is 0.326 e. The number of nitrogens with one attached hydrogen (secondary N) is 1. The SMILES string of the molecule is CC.CCc1cccc2c1CC(=O)N2. The standard InChI is InChI=1S/C10H11NO.C2H6/c1-2-7-4-3-5-9-8(7)6-10(12)11-9;1-2/h3-5H,2,6H2,1H3,(H,11,12);1-2H3. The average Bonchev–Trinajstić information content (AvgIpc) is 2.60. The number of amides is 1.